The number of aryl methyl sites for hydroxylation is 1. The zero-order valence-corrected chi connectivity index (χ0v) is 18.0. The number of sulfonamides is 1. The third-order valence-electron chi connectivity index (χ3n) is 4.81. The first kappa shape index (κ1) is 21.9. The molecule has 0 saturated carbocycles. The lowest BCUT2D eigenvalue weighted by Crippen LogP contribution is -2.39. The molecular weight excluding hydrogens is 384 g/mol. The van der Waals surface area contributed by atoms with Gasteiger partial charge in [-0.1, -0.05) is 38.1 Å². The lowest BCUT2D eigenvalue weighted by molar-refractivity contribution is 0.471. The van der Waals surface area contributed by atoms with Gasteiger partial charge in [-0.3, -0.25) is 4.68 Å². The Morgan fingerprint density at radius 2 is 2.00 bits per heavy atom. The average Bonchev–Trinajstić information content (AvgIpc) is 2.86. The second-order valence-electron chi connectivity index (χ2n) is 7.38. The van der Waals surface area contributed by atoms with Gasteiger partial charge in [0.1, 0.15) is 4.90 Å². The summed E-state index contributed by atoms with van der Waals surface area (Å²) in [6, 6.07) is 8.19. The smallest absolute Gasteiger partial charge is 0.244 e. The molecule has 0 amide bonds. The largest absolute Gasteiger partial charge is 0.308 e. The van der Waals surface area contributed by atoms with E-state index < -0.39 is 10.0 Å². The Balaban J connectivity index is 0.00000261. The van der Waals surface area contributed by atoms with Gasteiger partial charge < -0.3 is 5.32 Å². The number of fused-ring (bicyclic) bond motifs is 1. The van der Waals surface area contributed by atoms with Crippen LogP contribution >= 0.6 is 12.4 Å². The molecule has 1 aliphatic rings. The number of nitrogens with zero attached hydrogens (tertiary/aromatic N) is 2. The third-order valence-corrected chi connectivity index (χ3v) is 6.49. The summed E-state index contributed by atoms with van der Waals surface area (Å²) >= 11 is 0. The van der Waals surface area contributed by atoms with Crippen LogP contribution in [0.4, 0.5) is 0 Å². The van der Waals surface area contributed by atoms with Crippen LogP contribution in [0.5, 0.6) is 0 Å². The van der Waals surface area contributed by atoms with Gasteiger partial charge in [0.25, 0.3) is 0 Å². The van der Waals surface area contributed by atoms with Crippen LogP contribution in [0, 0.1) is 19.8 Å². The van der Waals surface area contributed by atoms with Crippen molar-refractivity contribution in [3.05, 3.63) is 46.8 Å². The Hall–Kier alpha value is -1.41. The molecular formula is C19H29ClN4O2S. The van der Waals surface area contributed by atoms with Crippen molar-refractivity contribution in [1.82, 2.24) is 19.8 Å². The van der Waals surface area contributed by atoms with Gasteiger partial charge in [0, 0.05) is 19.1 Å². The summed E-state index contributed by atoms with van der Waals surface area (Å²) in [6.07, 6.45) is 0.972. The van der Waals surface area contributed by atoms with Gasteiger partial charge in [0.2, 0.25) is 10.0 Å². The van der Waals surface area contributed by atoms with E-state index in [1.807, 2.05) is 19.1 Å². The number of hydrogen-bond acceptors (Lipinski definition) is 4. The van der Waals surface area contributed by atoms with Crippen LogP contribution in [0.1, 0.15) is 42.4 Å². The van der Waals surface area contributed by atoms with Gasteiger partial charge in [-0.15, -0.1) is 12.4 Å². The minimum atomic E-state index is -3.61. The maximum atomic E-state index is 12.9. The van der Waals surface area contributed by atoms with Gasteiger partial charge in [0.15, 0.2) is 0 Å². The van der Waals surface area contributed by atoms with Crippen molar-refractivity contribution in [2.24, 2.45) is 5.92 Å². The first-order valence-corrected chi connectivity index (χ1v) is 10.6. The maximum Gasteiger partial charge on any atom is 0.244 e. The lowest BCUT2D eigenvalue weighted by Gasteiger charge is -2.27. The van der Waals surface area contributed by atoms with Gasteiger partial charge >= 0.3 is 0 Å². The van der Waals surface area contributed by atoms with Crippen molar-refractivity contribution in [3.63, 3.8) is 0 Å². The molecule has 0 spiro atoms. The summed E-state index contributed by atoms with van der Waals surface area (Å²) in [4.78, 5) is 0.308. The predicted molar refractivity (Wildman–Crippen MR) is 110 cm³/mol. The molecule has 1 unspecified atom stereocenters. The van der Waals surface area contributed by atoms with E-state index in [1.54, 1.807) is 11.6 Å². The van der Waals surface area contributed by atoms with Crippen molar-refractivity contribution >= 4 is 22.4 Å². The molecule has 0 radical (unpaired) electrons. The highest BCUT2D eigenvalue weighted by Gasteiger charge is 2.27. The quantitative estimate of drug-likeness (QED) is 0.764. The van der Waals surface area contributed by atoms with E-state index in [4.69, 9.17) is 0 Å². The summed E-state index contributed by atoms with van der Waals surface area (Å²) in [5.41, 5.74) is 3.70. The van der Waals surface area contributed by atoms with Gasteiger partial charge in [0.05, 0.1) is 11.4 Å². The van der Waals surface area contributed by atoms with Crippen LogP contribution in [0.2, 0.25) is 0 Å². The molecule has 1 aliphatic heterocycles. The summed E-state index contributed by atoms with van der Waals surface area (Å²) in [5, 5.41) is 7.84. The Bertz CT molecular complexity index is 893. The average molecular weight is 413 g/mol. The van der Waals surface area contributed by atoms with Crippen molar-refractivity contribution < 1.29 is 8.42 Å². The van der Waals surface area contributed by atoms with Gasteiger partial charge in [-0.05, 0) is 43.9 Å². The molecule has 1 atom stereocenters. The zero-order valence-electron chi connectivity index (χ0n) is 16.3. The van der Waals surface area contributed by atoms with E-state index >= 15 is 0 Å². The molecule has 0 bridgehead atoms. The molecule has 0 saturated heterocycles. The van der Waals surface area contributed by atoms with E-state index in [0.717, 1.165) is 13.0 Å². The zero-order chi connectivity index (χ0) is 18.9. The van der Waals surface area contributed by atoms with E-state index in [2.05, 4.69) is 41.1 Å². The molecule has 27 heavy (non-hydrogen) atoms. The minimum Gasteiger partial charge on any atom is -0.308 e. The normalized spacial score (nSPS) is 16.9. The summed E-state index contributed by atoms with van der Waals surface area (Å²) < 4.78 is 30.5. The fourth-order valence-electron chi connectivity index (χ4n) is 3.63. The Kier molecular flexibility index (Phi) is 7.08. The summed E-state index contributed by atoms with van der Waals surface area (Å²) in [6.45, 7) is 9.66. The predicted octanol–water partition coefficient (Wildman–Crippen LogP) is 2.74. The van der Waals surface area contributed by atoms with E-state index in [9.17, 15) is 8.42 Å². The molecule has 6 nitrogen and oxygen atoms in total. The fourth-order valence-corrected chi connectivity index (χ4v) is 5.09. The molecule has 150 valence electrons. The topological polar surface area (TPSA) is 76.0 Å². The number of hydrogen-bond donors (Lipinski definition) is 2. The second kappa shape index (κ2) is 8.73. The number of benzene rings is 1. The van der Waals surface area contributed by atoms with Crippen LogP contribution in [0.25, 0.3) is 0 Å². The Morgan fingerprint density at radius 3 is 2.70 bits per heavy atom. The van der Waals surface area contributed by atoms with Gasteiger partial charge in [-0.25, -0.2) is 13.1 Å². The Labute approximate surface area is 168 Å². The van der Waals surface area contributed by atoms with Crippen molar-refractivity contribution in [2.45, 2.75) is 51.6 Å². The monoisotopic (exact) mass is 412 g/mol. The van der Waals surface area contributed by atoms with Crippen molar-refractivity contribution in [2.75, 3.05) is 13.1 Å². The molecule has 3 rings (SSSR count). The van der Waals surface area contributed by atoms with E-state index in [-0.39, 0.29) is 18.4 Å². The molecule has 2 aromatic rings. The summed E-state index contributed by atoms with van der Waals surface area (Å²) in [5.74, 6) is 0.402. The molecule has 0 fully saturated rings. The highest BCUT2D eigenvalue weighted by atomic mass is 35.5. The SMILES string of the molecule is Cc1nn(CC(C)C)c(C)c1S(=O)(=O)NCC1NCCc2ccccc21.Cl. The second-order valence-corrected chi connectivity index (χ2v) is 9.09. The number of nitrogens with one attached hydrogen (secondary N) is 2. The molecule has 2 N–H and O–H groups in total. The first-order valence-electron chi connectivity index (χ1n) is 9.14. The van der Waals surface area contributed by atoms with E-state index in [0.29, 0.717) is 35.3 Å². The molecule has 1 aromatic carbocycles. The fraction of sp³-hybridized carbons (Fsp3) is 0.526. The number of aromatic nitrogens is 2. The molecule has 1 aromatic heterocycles. The molecule has 2 heterocycles. The van der Waals surface area contributed by atoms with Crippen LogP contribution in [0.15, 0.2) is 29.2 Å². The molecule has 8 heteroatoms. The van der Waals surface area contributed by atoms with Crippen molar-refractivity contribution in [1.29, 1.82) is 0 Å². The number of halogens is 1. The highest BCUT2D eigenvalue weighted by Crippen LogP contribution is 2.24. The van der Waals surface area contributed by atoms with Crippen molar-refractivity contribution in [3.8, 4) is 0 Å². The molecule has 0 aliphatic carbocycles. The first-order chi connectivity index (χ1) is 12.3. The van der Waals surface area contributed by atoms with Gasteiger partial charge in [-0.2, -0.15) is 5.10 Å². The summed E-state index contributed by atoms with van der Waals surface area (Å²) in [7, 11) is -3.61. The van der Waals surface area contributed by atoms with Crippen LogP contribution < -0.4 is 10.0 Å². The highest BCUT2D eigenvalue weighted by molar-refractivity contribution is 7.89. The lowest BCUT2D eigenvalue weighted by atomic mass is 9.95. The standard InChI is InChI=1S/C19H28N4O2S.ClH/c1-13(2)12-23-15(4)19(14(3)22-23)26(24,25)21-11-18-17-8-6-5-7-16(17)9-10-20-18;/h5-8,13,18,20-21H,9-12H2,1-4H3;1H. The van der Waals surface area contributed by atoms with Crippen LogP contribution in [0.3, 0.4) is 0 Å². The maximum absolute atomic E-state index is 12.9. The number of rotatable bonds is 6. The van der Waals surface area contributed by atoms with Crippen LogP contribution in [-0.2, 0) is 23.0 Å². The Morgan fingerprint density at radius 1 is 1.30 bits per heavy atom. The van der Waals surface area contributed by atoms with E-state index in [1.165, 1.54) is 11.1 Å². The third kappa shape index (κ3) is 4.71. The van der Waals surface area contributed by atoms with Crippen LogP contribution in [-0.4, -0.2) is 31.3 Å². The minimum absolute atomic E-state index is 0.